The van der Waals surface area contributed by atoms with Crippen molar-refractivity contribution in [2.75, 3.05) is 23.4 Å². The first-order valence-electron chi connectivity index (χ1n) is 8.84. The number of hydrogen-bond acceptors (Lipinski definition) is 6. The number of benzene rings is 2. The first kappa shape index (κ1) is 22.3. The van der Waals surface area contributed by atoms with Gasteiger partial charge in [0.15, 0.2) is 9.84 Å². The number of aromatic nitrogens is 1. The molecule has 10 heteroatoms. The number of aliphatic hydroxyl groups is 1. The van der Waals surface area contributed by atoms with Crippen LogP contribution in [0.2, 0.25) is 10.0 Å². The van der Waals surface area contributed by atoms with Crippen LogP contribution in [-0.2, 0) is 21.2 Å². The summed E-state index contributed by atoms with van der Waals surface area (Å²) in [6.07, 6.45) is 3.39. The number of hydrogen-bond donors (Lipinski definition) is 2. The molecule has 0 bridgehead atoms. The molecule has 0 radical (unpaired) electrons. The SMILES string of the molecule is O=C(CS(=O)(=O)CCO)Nc1ccc(Cl)c(COc2cccc3cnccc23)c1Cl. The van der Waals surface area contributed by atoms with Crippen LogP contribution in [0, 0.1) is 0 Å². The molecule has 3 rings (SSSR count). The summed E-state index contributed by atoms with van der Waals surface area (Å²) >= 11 is 12.7. The monoisotopic (exact) mass is 468 g/mol. The van der Waals surface area contributed by atoms with Gasteiger partial charge in [0.25, 0.3) is 0 Å². The summed E-state index contributed by atoms with van der Waals surface area (Å²) in [5.74, 6) is -1.40. The maximum absolute atomic E-state index is 12.1. The number of nitrogens with zero attached hydrogens (tertiary/aromatic N) is 1. The van der Waals surface area contributed by atoms with Crippen LogP contribution in [0.4, 0.5) is 5.69 Å². The van der Waals surface area contributed by atoms with Crippen molar-refractivity contribution in [3.63, 3.8) is 0 Å². The van der Waals surface area contributed by atoms with Gasteiger partial charge in [0.05, 0.1) is 23.1 Å². The molecule has 0 aliphatic rings. The maximum atomic E-state index is 12.1. The van der Waals surface area contributed by atoms with E-state index in [2.05, 4.69) is 10.3 Å². The zero-order valence-corrected chi connectivity index (χ0v) is 18.0. The maximum Gasteiger partial charge on any atom is 0.239 e. The van der Waals surface area contributed by atoms with Gasteiger partial charge in [-0.25, -0.2) is 8.42 Å². The Hall–Kier alpha value is -2.39. The van der Waals surface area contributed by atoms with E-state index in [4.69, 9.17) is 33.0 Å². The molecule has 2 N–H and O–H groups in total. The number of rotatable bonds is 8. The number of ether oxygens (including phenoxy) is 1. The van der Waals surface area contributed by atoms with Gasteiger partial charge in [-0.3, -0.25) is 9.78 Å². The Morgan fingerprint density at radius 2 is 1.97 bits per heavy atom. The molecule has 0 aliphatic carbocycles. The standard InChI is InChI=1S/C20H18Cl2N2O5S/c21-16-4-5-17(24-19(26)12-30(27,28)9-8-25)20(22)15(16)11-29-18-3-1-2-13-10-23-7-6-14(13)18/h1-7,10,25H,8-9,11-12H2,(H,24,26). The molecule has 0 spiro atoms. The number of anilines is 1. The molecular weight excluding hydrogens is 451 g/mol. The number of sulfone groups is 1. The summed E-state index contributed by atoms with van der Waals surface area (Å²) in [5.41, 5.74) is 0.659. The lowest BCUT2D eigenvalue weighted by atomic mass is 10.1. The first-order chi connectivity index (χ1) is 14.3. The van der Waals surface area contributed by atoms with Gasteiger partial charge in [0.2, 0.25) is 5.91 Å². The topological polar surface area (TPSA) is 106 Å². The second kappa shape index (κ2) is 9.61. The minimum Gasteiger partial charge on any atom is -0.488 e. The molecule has 0 saturated carbocycles. The zero-order valence-electron chi connectivity index (χ0n) is 15.6. The molecule has 0 saturated heterocycles. The summed E-state index contributed by atoms with van der Waals surface area (Å²) in [6.45, 7) is -0.519. The molecule has 30 heavy (non-hydrogen) atoms. The van der Waals surface area contributed by atoms with Crippen molar-refractivity contribution < 1.29 is 23.1 Å². The summed E-state index contributed by atoms with van der Waals surface area (Å²) < 4.78 is 29.3. The lowest BCUT2D eigenvalue weighted by Gasteiger charge is -2.14. The minimum absolute atomic E-state index is 0.0334. The molecule has 1 amide bonds. The van der Waals surface area contributed by atoms with Gasteiger partial charge in [-0.2, -0.15) is 0 Å². The highest BCUT2D eigenvalue weighted by Gasteiger charge is 2.19. The van der Waals surface area contributed by atoms with Crippen molar-refractivity contribution in [1.82, 2.24) is 4.98 Å². The first-order valence-corrected chi connectivity index (χ1v) is 11.4. The van der Waals surface area contributed by atoms with Crippen molar-refractivity contribution in [2.24, 2.45) is 0 Å². The zero-order chi connectivity index (χ0) is 21.7. The predicted molar refractivity (Wildman–Crippen MR) is 117 cm³/mol. The molecule has 7 nitrogen and oxygen atoms in total. The van der Waals surface area contributed by atoms with Crippen molar-refractivity contribution >= 4 is 55.4 Å². The Bertz CT molecular complexity index is 1180. The fourth-order valence-electron chi connectivity index (χ4n) is 2.79. The van der Waals surface area contributed by atoms with E-state index in [1.807, 2.05) is 24.3 Å². The van der Waals surface area contributed by atoms with E-state index >= 15 is 0 Å². The van der Waals surface area contributed by atoms with E-state index in [-0.39, 0.29) is 17.3 Å². The molecule has 0 aliphatic heterocycles. The molecule has 3 aromatic rings. The number of fused-ring (bicyclic) bond motifs is 1. The van der Waals surface area contributed by atoms with Gasteiger partial charge in [0.1, 0.15) is 18.1 Å². The Balaban J connectivity index is 1.78. The molecule has 0 atom stereocenters. The molecule has 0 unspecified atom stereocenters. The van der Waals surface area contributed by atoms with Gasteiger partial charge in [0, 0.05) is 33.8 Å². The third-order valence-corrected chi connectivity index (χ3v) is 6.52. The van der Waals surface area contributed by atoms with Crippen LogP contribution in [0.5, 0.6) is 5.75 Å². The van der Waals surface area contributed by atoms with Gasteiger partial charge >= 0.3 is 0 Å². The van der Waals surface area contributed by atoms with E-state index in [1.165, 1.54) is 12.1 Å². The Morgan fingerprint density at radius 1 is 1.17 bits per heavy atom. The van der Waals surface area contributed by atoms with Gasteiger partial charge in [-0.15, -0.1) is 0 Å². The number of halogens is 2. The summed E-state index contributed by atoms with van der Waals surface area (Å²) in [7, 11) is -3.71. The number of amides is 1. The van der Waals surface area contributed by atoms with Crippen molar-refractivity contribution in [3.05, 3.63) is 64.4 Å². The van der Waals surface area contributed by atoms with Crippen LogP contribution in [0.25, 0.3) is 10.8 Å². The summed E-state index contributed by atoms with van der Waals surface area (Å²) in [6, 6.07) is 10.4. The highest BCUT2D eigenvalue weighted by atomic mass is 35.5. The van der Waals surface area contributed by atoms with Crippen molar-refractivity contribution in [1.29, 1.82) is 0 Å². The number of nitrogens with one attached hydrogen (secondary N) is 1. The van der Waals surface area contributed by atoms with Crippen LogP contribution >= 0.6 is 23.2 Å². The molecule has 0 fully saturated rings. The molecule has 158 valence electrons. The summed E-state index contributed by atoms with van der Waals surface area (Å²) in [5, 5.41) is 13.5. The lowest BCUT2D eigenvalue weighted by molar-refractivity contribution is -0.113. The molecule has 1 heterocycles. The Morgan fingerprint density at radius 3 is 2.73 bits per heavy atom. The predicted octanol–water partition coefficient (Wildman–Crippen LogP) is 3.47. The molecule has 1 aromatic heterocycles. The van der Waals surface area contributed by atoms with E-state index in [9.17, 15) is 13.2 Å². The third-order valence-electron chi connectivity index (χ3n) is 4.23. The largest absolute Gasteiger partial charge is 0.488 e. The average Bonchev–Trinajstić information content (AvgIpc) is 2.69. The third kappa shape index (κ3) is 5.40. The second-order valence-corrected chi connectivity index (χ2v) is 9.36. The van der Waals surface area contributed by atoms with Crippen molar-refractivity contribution in [3.8, 4) is 5.75 Å². The highest BCUT2D eigenvalue weighted by Crippen LogP contribution is 2.34. The highest BCUT2D eigenvalue weighted by molar-refractivity contribution is 7.92. The van der Waals surface area contributed by atoms with E-state index < -0.39 is 33.9 Å². The normalized spacial score (nSPS) is 11.4. The van der Waals surface area contributed by atoms with Gasteiger partial charge < -0.3 is 15.2 Å². The van der Waals surface area contributed by atoms with Crippen LogP contribution < -0.4 is 10.1 Å². The Kier molecular flexibility index (Phi) is 7.14. The fourth-order valence-corrected chi connectivity index (χ4v) is 4.21. The van der Waals surface area contributed by atoms with Crippen LogP contribution in [0.15, 0.2) is 48.8 Å². The average molecular weight is 469 g/mol. The van der Waals surface area contributed by atoms with E-state index in [1.54, 1.807) is 12.4 Å². The minimum atomic E-state index is -3.71. The second-order valence-electron chi connectivity index (χ2n) is 6.39. The summed E-state index contributed by atoms with van der Waals surface area (Å²) in [4.78, 5) is 16.2. The molecular formula is C20H18Cl2N2O5S. The van der Waals surface area contributed by atoms with Crippen molar-refractivity contribution in [2.45, 2.75) is 6.61 Å². The van der Waals surface area contributed by atoms with E-state index in [0.717, 1.165) is 10.8 Å². The number of carbonyl (C=O) groups excluding carboxylic acids is 1. The smallest absolute Gasteiger partial charge is 0.239 e. The number of carbonyl (C=O) groups is 1. The van der Waals surface area contributed by atoms with Crippen LogP contribution in [0.1, 0.15) is 5.56 Å². The lowest BCUT2D eigenvalue weighted by Crippen LogP contribution is -2.26. The Labute approximate surface area is 183 Å². The quantitative estimate of drug-likeness (QED) is 0.524. The van der Waals surface area contributed by atoms with E-state index in [0.29, 0.717) is 16.3 Å². The van der Waals surface area contributed by atoms with Crippen LogP contribution in [-0.4, -0.2) is 42.5 Å². The molecule has 2 aromatic carbocycles. The number of pyridine rings is 1. The van der Waals surface area contributed by atoms with Crippen LogP contribution in [0.3, 0.4) is 0 Å². The fraction of sp³-hybridized carbons (Fsp3) is 0.200. The number of aliphatic hydroxyl groups excluding tert-OH is 1. The van der Waals surface area contributed by atoms with Gasteiger partial charge in [-0.1, -0.05) is 35.3 Å². The van der Waals surface area contributed by atoms with Gasteiger partial charge in [-0.05, 0) is 24.3 Å².